The highest BCUT2D eigenvalue weighted by Crippen LogP contribution is 2.31. The molecule has 1 aromatic rings. The molecule has 1 amide bonds. The standard InChI is InChI=1S/C14H15NO4/c1-2-7-19-14(18)15-12-6-4-9-8-10(13(16)17)3-5-11(9)12/h2-3,5,8,12H,1,4,6-7H2,(H,15,18)(H,16,17). The molecule has 1 aliphatic carbocycles. The summed E-state index contributed by atoms with van der Waals surface area (Å²) in [4.78, 5) is 22.3. The summed E-state index contributed by atoms with van der Waals surface area (Å²) in [5.41, 5.74) is 2.20. The van der Waals surface area contributed by atoms with Gasteiger partial charge in [0.1, 0.15) is 6.61 Å². The van der Waals surface area contributed by atoms with Gasteiger partial charge >= 0.3 is 12.1 Å². The Morgan fingerprint density at radius 3 is 3.00 bits per heavy atom. The van der Waals surface area contributed by atoms with Gasteiger partial charge in [-0.3, -0.25) is 0 Å². The van der Waals surface area contributed by atoms with Gasteiger partial charge in [-0.15, -0.1) is 0 Å². The van der Waals surface area contributed by atoms with Crippen LogP contribution >= 0.6 is 0 Å². The predicted molar refractivity (Wildman–Crippen MR) is 69.1 cm³/mol. The van der Waals surface area contributed by atoms with Gasteiger partial charge in [0.25, 0.3) is 0 Å². The molecule has 1 unspecified atom stereocenters. The van der Waals surface area contributed by atoms with Crippen molar-refractivity contribution in [3.8, 4) is 0 Å². The molecule has 2 N–H and O–H groups in total. The number of rotatable bonds is 4. The topological polar surface area (TPSA) is 75.6 Å². The van der Waals surface area contributed by atoms with E-state index in [0.29, 0.717) is 0 Å². The zero-order chi connectivity index (χ0) is 13.8. The Labute approximate surface area is 110 Å². The summed E-state index contributed by atoms with van der Waals surface area (Å²) in [5, 5.41) is 11.7. The fourth-order valence-corrected chi connectivity index (χ4v) is 2.22. The average Bonchev–Trinajstić information content (AvgIpc) is 2.78. The van der Waals surface area contributed by atoms with E-state index in [9.17, 15) is 9.59 Å². The van der Waals surface area contributed by atoms with Crippen molar-refractivity contribution in [2.45, 2.75) is 18.9 Å². The maximum atomic E-state index is 11.5. The number of hydrogen-bond acceptors (Lipinski definition) is 3. The number of benzene rings is 1. The molecule has 0 radical (unpaired) electrons. The quantitative estimate of drug-likeness (QED) is 0.815. The van der Waals surface area contributed by atoms with Crippen LogP contribution in [0.25, 0.3) is 0 Å². The number of nitrogens with one attached hydrogen (secondary N) is 1. The van der Waals surface area contributed by atoms with Crippen molar-refractivity contribution in [3.05, 3.63) is 47.5 Å². The Bertz CT molecular complexity index is 524. The third-order valence-electron chi connectivity index (χ3n) is 3.09. The predicted octanol–water partition coefficient (Wildman–Crippen LogP) is 2.28. The van der Waals surface area contributed by atoms with Gasteiger partial charge in [-0.1, -0.05) is 18.7 Å². The smallest absolute Gasteiger partial charge is 0.407 e. The minimum atomic E-state index is -0.940. The number of aryl methyl sites for hydroxylation is 1. The van der Waals surface area contributed by atoms with Crippen LogP contribution in [-0.2, 0) is 11.2 Å². The van der Waals surface area contributed by atoms with Crippen molar-refractivity contribution in [1.29, 1.82) is 0 Å². The Morgan fingerprint density at radius 2 is 2.32 bits per heavy atom. The van der Waals surface area contributed by atoms with E-state index in [1.807, 2.05) is 0 Å². The lowest BCUT2D eigenvalue weighted by Gasteiger charge is -2.13. The molecule has 5 nitrogen and oxygen atoms in total. The highest BCUT2D eigenvalue weighted by Gasteiger charge is 2.25. The number of carboxylic acids is 1. The molecule has 1 aliphatic rings. The number of hydrogen-bond donors (Lipinski definition) is 2. The van der Waals surface area contributed by atoms with E-state index in [2.05, 4.69) is 11.9 Å². The first-order chi connectivity index (χ1) is 9.11. The van der Waals surface area contributed by atoms with Crippen molar-refractivity contribution in [2.75, 3.05) is 6.61 Å². The normalized spacial score (nSPS) is 16.5. The van der Waals surface area contributed by atoms with E-state index < -0.39 is 12.1 Å². The lowest BCUT2D eigenvalue weighted by atomic mass is 10.0. The van der Waals surface area contributed by atoms with Crippen molar-refractivity contribution >= 4 is 12.1 Å². The maximum Gasteiger partial charge on any atom is 0.407 e. The molecule has 0 bridgehead atoms. The van der Waals surface area contributed by atoms with Crippen molar-refractivity contribution < 1.29 is 19.4 Å². The number of amides is 1. The number of ether oxygens (including phenoxy) is 1. The first-order valence-electron chi connectivity index (χ1n) is 6.02. The van der Waals surface area contributed by atoms with Crippen LogP contribution in [0.15, 0.2) is 30.9 Å². The third-order valence-corrected chi connectivity index (χ3v) is 3.09. The van der Waals surface area contributed by atoms with Gasteiger partial charge < -0.3 is 15.2 Å². The minimum absolute atomic E-state index is 0.116. The van der Waals surface area contributed by atoms with Crippen molar-refractivity contribution in [1.82, 2.24) is 5.32 Å². The number of fused-ring (bicyclic) bond motifs is 1. The molecule has 19 heavy (non-hydrogen) atoms. The molecule has 1 aromatic carbocycles. The van der Waals surface area contributed by atoms with Crippen LogP contribution in [0.5, 0.6) is 0 Å². The van der Waals surface area contributed by atoms with Gasteiger partial charge in [0, 0.05) is 0 Å². The fourth-order valence-electron chi connectivity index (χ4n) is 2.22. The van der Waals surface area contributed by atoms with Crippen molar-refractivity contribution in [2.24, 2.45) is 0 Å². The second kappa shape index (κ2) is 5.56. The fraction of sp³-hybridized carbons (Fsp3) is 0.286. The Balaban J connectivity index is 2.07. The molecule has 1 atom stereocenters. The number of aromatic carboxylic acids is 1. The lowest BCUT2D eigenvalue weighted by Crippen LogP contribution is -2.27. The molecule has 0 heterocycles. The summed E-state index contributed by atoms with van der Waals surface area (Å²) in [6, 6.07) is 4.85. The van der Waals surface area contributed by atoms with Crippen LogP contribution in [0.4, 0.5) is 4.79 Å². The summed E-state index contributed by atoms with van der Waals surface area (Å²) in [6.07, 6.45) is 2.52. The van der Waals surface area contributed by atoms with E-state index in [1.165, 1.54) is 6.08 Å². The maximum absolute atomic E-state index is 11.5. The summed E-state index contributed by atoms with van der Waals surface area (Å²) in [5.74, 6) is -0.940. The second-order valence-electron chi connectivity index (χ2n) is 4.34. The van der Waals surface area contributed by atoms with Gasteiger partial charge in [-0.2, -0.15) is 0 Å². The minimum Gasteiger partial charge on any atom is -0.478 e. The zero-order valence-corrected chi connectivity index (χ0v) is 10.4. The summed E-state index contributed by atoms with van der Waals surface area (Å²) < 4.78 is 4.87. The molecule has 0 fully saturated rings. The number of carbonyl (C=O) groups excluding carboxylic acids is 1. The Hall–Kier alpha value is -2.30. The van der Waals surface area contributed by atoms with E-state index in [1.54, 1.807) is 18.2 Å². The van der Waals surface area contributed by atoms with Gasteiger partial charge in [0.15, 0.2) is 0 Å². The van der Waals surface area contributed by atoms with Gasteiger partial charge in [0.05, 0.1) is 11.6 Å². The number of carbonyl (C=O) groups is 2. The molecular formula is C14H15NO4. The van der Waals surface area contributed by atoms with Crippen LogP contribution in [-0.4, -0.2) is 23.8 Å². The number of carboxylic acid groups (broad SMARTS) is 1. The van der Waals surface area contributed by atoms with Gasteiger partial charge in [0.2, 0.25) is 0 Å². The molecule has 100 valence electrons. The summed E-state index contributed by atoms with van der Waals surface area (Å²) in [6.45, 7) is 3.64. The monoisotopic (exact) mass is 261 g/mol. The van der Waals surface area contributed by atoms with E-state index in [0.717, 1.165) is 24.0 Å². The first kappa shape index (κ1) is 13.1. The molecule has 5 heteroatoms. The largest absolute Gasteiger partial charge is 0.478 e. The molecule has 2 rings (SSSR count). The Kier molecular flexibility index (Phi) is 3.85. The van der Waals surface area contributed by atoms with Crippen molar-refractivity contribution in [3.63, 3.8) is 0 Å². The molecular weight excluding hydrogens is 246 g/mol. The van der Waals surface area contributed by atoms with E-state index in [4.69, 9.17) is 9.84 Å². The van der Waals surface area contributed by atoms with Crippen LogP contribution in [0, 0.1) is 0 Å². The lowest BCUT2D eigenvalue weighted by molar-refractivity contribution is 0.0696. The SMILES string of the molecule is C=CCOC(=O)NC1CCc2cc(C(=O)O)ccc21. The molecule has 0 aromatic heterocycles. The van der Waals surface area contributed by atoms with Crippen LogP contribution < -0.4 is 5.32 Å². The van der Waals surface area contributed by atoms with Crippen LogP contribution in [0.1, 0.15) is 33.9 Å². The van der Waals surface area contributed by atoms with E-state index in [-0.39, 0.29) is 18.2 Å². The van der Waals surface area contributed by atoms with Gasteiger partial charge in [-0.25, -0.2) is 9.59 Å². The highest BCUT2D eigenvalue weighted by atomic mass is 16.5. The zero-order valence-electron chi connectivity index (χ0n) is 10.4. The molecule has 0 saturated heterocycles. The summed E-state index contributed by atoms with van der Waals surface area (Å²) in [7, 11) is 0. The van der Waals surface area contributed by atoms with Gasteiger partial charge in [-0.05, 0) is 36.1 Å². The number of alkyl carbamates (subject to hydrolysis) is 1. The average molecular weight is 261 g/mol. The van der Waals surface area contributed by atoms with Crippen LogP contribution in [0.2, 0.25) is 0 Å². The van der Waals surface area contributed by atoms with E-state index >= 15 is 0 Å². The molecule has 0 aliphatic heterocycles. The molecule has 0 saturated carbocycles. The molecule has 0 spiro atoms. The second-order valence-corrected chi connectivity index (χ2v) is 4.34. The third kappa shape index (κ3) is 2.93. The van der Waals surface area contributed by atoms with Crippen LogP contribution in [0.3, 0.4) is 0 Å². The Morgan fingerprint density at radius 1 is 1.53 bits per heavy atom. The summed E-state index contributed by atoms with van der Waals surface area (Å²) >= 11 is 0. The first-order valence-corrected chi connectivity index (χ1v) is 6.02. The highest BCUT2D eigenvalue weighted by molar-refractivity contribution is 5.88.